The van der Waals surface area contributed by atoms with Crippen molar-refractivity contribution in [3.63, 3.8) is 0 Å². The number of fused-ring (bicyclic) bond motifs is 1. The van der Waals surface area contributed by atoms with E-state index in [4.69, 9.17) is 5.11 Å². The molecular formula is C14H13N3O2. The van der Waals surface area contributed by atoms with Crippen molar-refractivity contribution in [2.24, 2.45) is 0 Å². The number of hydrogen-bond acceptors (Lipinski definition) is 3. The van der Waals surface area contributed by atoms with Crippen LogP contribution in [0.3, 0.4) is 0 Å². The number of aromatic carboxylic acids is 1. The topological polar surface area (TPSA) is 67.1 Å². The zero-order chi connectivity index (χ0) is 13.2. The van der Waals surface area contributed by atoms with E-state index in [2.05, 4.69) is 22.4 Å². The first-order chi connectivity index (χ1) is 9.22. The summed E-state index contributed by atoms with van der Waals surface area (Å²) in [5.41, 5.74) is 2.48. The van der Waals surface area contributed by atoms with Gasteiger partial charge in [-0.05, 0) is 17.6 Å². The van der Waals surface area contributed by atoms with Crippen molar-refractivity contribution < 1.29 is 9.90 Å². The summed E-state index contributed by atoms with van der Waals surface area (Å²) in [5, 5.41) is 12.0. The third kappa shape index (κ3) is 2.35. The van der Waals surface area contributed by atoms with Crippen LogP contribution in [-0.2, 0) is 6.42 Å². The molecule has 0 amide bonds. The van der Waals surface area contributed by atoms with Gasteiger partial charge in [-0.25, -0.2) is 9.78 Å². The van der Waals surface area contributed by atoms with E-state index in [0.717, 1.165) is 6.42 Å². The van der Waals surface area contributed by atoms with Gasteiger partial charge in [-0.3, -0.25) is 4.57 Å². The lowest BCUT2D eigenvalue weighted by Crippen LogP contribution is -2.15. The molecule has 1 aliphatic rings. The number of nitrogens with one attached hydrogen (secondary N) is 1. The van der Waals surface area contributed by atoms with Crippen LogP contribution >= 0.6 is 0 Å². The minimum absolute atomic E-state index is 0.0553. The molecule has 0 atom stereocenters. The number of aromatic nitrogens is 2. The predicted octanol–water partition coefficient (Wildman–Crippen LogP) is 2.09. The van der Waals surface area contributed by atoms with Gasteiger partial charge in [0.1, 0.15) is 0 Å². The summed E-state index contributed by atoms with van der Waals surface area (Å²) in [4.78, 5) is 14.9. The average Bonchev–Trinajstić information content (AvgIpc) is 2.83. The van der Waals surface area contributed by atoms with Gasteiger partial charge < -0.3 is 10.4 Å². The second kappa shape index (κ2) is 4.61. The quantitative estimate of drug-likeness (QED) is 0.881. The fraction of sp³-hybridized carbons (Fsp3) is 0.143. The SMILES string of the molecule is O=C(O)c1cn2c(n1)NCC(Cc1ccccc1)=C2. The van der Waals surface area contributed by atoms with Crippen LogP contribution < -0.4 is 5.32 Å². The van der Waals surface area contributed by atoms with Gasteiger partial charge in [0.05, 0.1) is 0 Å². The second-order valence-corrected chi connectivity index (χ2v) is 4.47. The molecule has 2 aromatic rings. The number of hydrogen-bond donors (Lipinski definition) is 2. The van der Waals surface area contributed by atoms with E-state index in [1.54, 1.807) is 4.57 Å². The lowest BCUT2D eigenvalue weighted by Gasteiger charge is -2.16. The number of benzene rings is 1. The number of nitrogens with zero attached hydrogens (tertiary/aromatic N) is 2. The number of carbonyl (C=O) groups is 1. The normalized spacial score (nSPS) is 13.4. The standard InChI is InChI=1S/C14H13N3O2/c18-13(19)12-9-17-8-11(7-15-14(17)16-12)6-10-4-2-1-3-5-10/h1-5,8-9H,6-7H2,(H,15,16)(H,18,19). The van der Waals surface area contributed by atoms with Crippen LogP contribution in [0.4, 0.5) is 5.95 Å². The molecule has 1 aromatic heterocycles. The highest BCUT2D eigenvalue weighted by Gasteiger charge is 2.16. The number of imidazole rings is 1. The van der Waals surface area contributed by atoms with E-state index in [-0.39, 0.29) is 5.69 Å². The minimum Gasteiger partial charge on any atom is -0.476 e. The Morgan fingerprint density at radius 1 is 1.37 bits per heavy atom. The Hall–Kier alpha value is -2.56. The summed E-state index contributed by atoms with van der Waals surface area (Å²) in [5.74, 6) is -0.434. The van der Waals surface area contributed by atoms with Crippen LogP contribution in [0.25, 0.3) is 6.20 Å². The van der Waals surface area contributed by atoms with Crippen molar-refractivity contribution in [2.45, 2.75) is 6.42 Å². The molecule has 1 aromatic carbocycles. The molecule has 2 N–H and O–H groups in total. The van der Waals surface area contributed by atoms with Gasteiger partial charge in [0, 0.05) is 18.9 Å². The van der Waals surface area contributed by atoms with Crippen molar-refractivity contribution in [1.29, 1.82) is 0 Å². The van der Waals surface area contributed by atoms with Crippen molar-refractivity contribution in [3.8, 4) is 0 Å². The Bertz CT molecular complexity index is 644. The first-order valence-electron chi connectivity index (χ1n) is 6.02. The summed E-state index contributed by atoms with van der Waals surface area (Å²) in [6, 6.07) is 10.2. The highest BCUT2D eigenvalue weighted by Crippen LogP contribution is 2.19. The van der Waals surface area contributed by atoms with Gasteiger partial charge in [-0.15, -0.1) is 0 Å². The van der Waals surface area contributed by atoms with Gasteiger partial charge in [0.2, 0.25) is 5.95 Å². The van der Waals surface area contributed by atoms with Crippen LogP contribution in [0.15, 0.2) is 42.1 Å². The molecule has 0 spiro atoms. The summed E-state index contributed by atoms with van der Waals surface area (Å²) in [6.45, 7) is 0.685. The summed E-state index contributed by atoms with van der Waals surface area (Å²) >= 11 is 0. The molecule has 0 unspecified atom stereocenters. The maximum absolute atomic E-state index is 10.9. The molecule has 0 radical (unpaired) electrons. The van der Waals surface area contributed by atoms with Crippen molar-refractivity contribution in [3.05, 3.63) is 53.4 Å². The first-order valence-corrected chi connectivity index (χ1v) is 6.02. The minimum atomic E-state index is -1.01. The number of anilines is 1. The van der Waals surface area contributed by atoms with Gasteiger partial charge in [0.15, 0.2) is 5.69 Å². The Balaban J connectivity index is 1.85. The fourth-order valence-corrected chi connectivity index (χ4v) is 2.13. The Morgan fingerprint density at radius 2 is 2.16 bits per heavy atom. The van der Waals surface area contributed by atoms with Crippen LogP contribution in [0, 0.1) is 0 Å². The number of carboxylic acid groups (broad SMARTS) is 1. The third-order valence-corrected chi connectivity index (χ3v) is 3.02. The van der Waals surface area contributed by atoms with Gasteiger partial charge in [-0.1, -0.05) is 30.3 Å². The van der Waals surface area contributed by atoms with E-state index >= 15 is 0 Å². The molecule has 0 fully saturated rings. The monoisotopic (exact) mass is 255 g/mol. The van der Waals surface area contributed by atoms with E-state index < -0.39 is 5.97 Å². The van der Waals surface area contributed by atoms with E-state index in [0.29, 0.717) is 12.5 Å². The molecule has 5 heteroatoms. The molecule has 96 valence electrons. The Morgan fingerprint density at radius 3 is 2.89 bits per heavy atom. The smallest absolute Gasteiger partial charge is 0.356 e. The van der Waals surface area contributed by atoms with E-state index in [1.807, 2.05) is 24.4 Å². The fourth-order valence-electron chi connectivity index (χ4n) is 2.13. The zero-order valence-corrected chi connectivity index (χ0v) is 10.2. The maximum atomic E-state index is 10.9. The highest BCUT2D eigenvalue weighted by molar-refractivity contribution is 5.86. The molecular weight excluding hydrogens is 242 g/mol. The van der Waals surface area contributed by atoms with Crippen LogP contribution in [0.2, 0.25) is 0 Å². The summed E-state index contributed by atoms with van der Waals surface area (Å²) < 4.78 is 1.73. The van der Waals surface area contributed by atoms with E-state index in [9.17, 15) is 4.79 Å². The number of carboxylic acids is 1. The van der Waals surface area contributed by atoms with Crippen LogP contribution in [0.5, 0.6) is 0 Å². The molecule has 3 rings (SSSR count). The van der Waals surface area contributed by atoms with Gasteiger partial charge in [0.25, 0.3) is 0 Å². The maximum Gasteiger partial charge on any atom is 0.356 e. The highest BCUT2D eigenvalue weighted by atomic mass is 16.4. The molecule has 19 heavy (non-hydrogen) atoms. The first kappa shape index (κ1) is 11.5. The Labute approximate surface area is 110 Å². The number of rotatable bonds is 3. The lowest BCUT2D eigenvalue weighted by molar-refractivity contribution is 0.0691. The van der Waals surface area contributed by atoms with Crippen molar-refractivity contribution in [2.75, 3.05) is 11.9 Å². The van der Waals surface area contributed by atoms with Gasteiger partial charge in [-0.2, -0.15) is 0 Å². The molecule has 0 saturated carbocycles. The van der Waals surface area contributed by atoms with Crippen LogP contribution in [-0.4, -0.2) is 27.2 Å². The van der Waals surface area contributed by atoms with Crippen molar-refractivity contribution >= 4 is 18.1 Å². The second-order valence-electron chi connectivity index (χ2n) is 4.47. The molecule has 0 aliphatic carbocycles. The Kier molecular flexibility index (Phi) is 2.79. The third-order valence-electron chi connectivity index (χ3n) is 3.02. The van der Waals surface area contributed by atoms with Crippen molar-refractivity contribution in [1.82, 2.24) is 9.55 Å². The zero-order valence-electron chi connectivity index (χ0n) is 10.2. The molecule has 1 aliphatic heterocycles. The summed E-state index contributed by atoms with van der Waals surface area (Å²) in [6.07, 6.45) is 4.31. The predicted molar refractivity (Wildman–Crippen MR) is 72.1 cm³/mol. The lowest BCUT2D eigenvalue weighted by atomic mass is 10.1. The molecule has 5 nitrogen and oxygen atoms in total. The molecule has 0 bridgehead atoms. The van der Waals surface area contributed by atoms with E-state index in [1.165, 1.54) is 17.3 Å². The average molecular weight is 255 g/mol. The summed E-state index contributed by atoms with van der Waals surface area (Å²) in [7, 11) is 0. The van der Waals surface area contributed by atoms with Crippen LogP contribution in [0.1, 0.15) is 16.1 Å². The molecule has 2 heterocycles. The van der Waals surface area contributed by atoms with Gasteiger partial charge >= 0.3 is 5.97 Å². The largest absolute Gasteiger partial charge is 0.476 e. The molecule has 0 saturated heterocycles.